The van der Waals surface area contributed by atoms with Gasteiger partial charge >= 0.3 is 0 Å². The second-order valence-electron chi connectivity index (χ2n) is 3.85. The van der Waals surface area contributed by atoms with Gasteiger partial charge in [0.15, 0.2) is 0 Å². The number of hydrogen-bond acceptors (Lipinski definition) is 2. The number of nitrogens with zero attached hydrogens (tertiary/aromatic N) is 1. The molecule has 16 heavy (non-hydrogen) atoms. The quantitative estimate of drug-likeness (QED) is 0.769. The number of hydrazine groups is 1. The van der Waals surface area contributed by atoms with Gasteiger partial charge in [0.05, 0.1) is 0 Å². The Morgan fingerprint density at radius 1 is 1.31 bits per heavy atom. The van der Waals surface area contributed by atoms with Crippen molar-refractivity contribution in [1.82, 2.24) is 10.4 Å². The van der Waals surface area contributed by atoms with Crippen LogP contribution in [0.15, 0.2) is 24.3 Å². The smallest absolute Gasteiger partial charge is 0.236 e. The molecule has 88 valence electrons. The van der Waals surface area contributed by atoms with Crippen LogP contribution in [0.25, 0.3) is 0 Å². The molecule has 0 aliphatic carbocycles. The first-order valence-electron chi connectivity index (χ1n) is 5.70. The Kier molecular flexibility index (Phi) is 4.99. The van der Waals surface area contributed by atoms with Crippen LogP contribution in [0.5, 0.6) is 0 Å². The van der Waals surface area contributed by atoms with E-state index in [1.807, 2.05) is 6.92 Å². The van der Waals surface area contributed by atoms with Crippen molar-refractivity contribution in [3.8, 4) is 0 Å². The molecule has 0 saturated carbocycles. The molecule has 1 N–H and O–H groups in total. The second-order valence-corrected chi connectivity index (χ2v) is 3.85. The van der Waals surface area contributed by atoms with Gasteiger partial charge in [-0.05, 0) is 25.8 Å². The Hall–Kier alpha value is -1.35. The summed E-state index contributed by atoms with van der Waals surface area (Å²) in [6.45, 7) is 4.72. The van der Waals surface area contributed by atoms with Crippen LogP contribution in [0.2, 0.25) is 0 Å². The fourth-order valence-electron chi connectivity index (χ4n) is 1.60. The summed E-state index contributed by atoms with van der Waals surface area (Å²) in [6, 6.07) is 8.32. The molecule has 0 spiro atoms. The number of hydrogen-bond donors (Lipinski definition) is 1. The zero-order chi connectivity index (χ0) is 12.0. The molecule has 0 fully saturated rings. The summed E-state index contributed by atoms with van der Waals surface area (Å²) < 4.78 is 0. The molecule has 0 bridgehead atoms. The van der Waals surface area contributed by atoms with Crippen LogP contribution < -0.4 is 5.43 Å². The van der Waals surface area contributed by atoms with Crippen molar-refractivity contribution in [3.63, 3.8) is 0 Å². The molecule has 3 nitrogen and oxygen atoms in total. The minimum Gasteiger partial charge on any atom is -0.279 e. The molecule has 3 heteroatoms. The summed E-state index contributed by atoms with van der Waals surface area (Å²) in [6.07, 6.45) is 1.36. The first-order valence-corrected chi connectivity index (χ1v) is 5.70. The van der Waals surface area contributed by atoms with E-state index in [0.717, 1.165) is 6.42 Å². The number of nitrogens with one attached hydrogen (secondary N) is 1. The molecule has 0 unspecified atom stereocenters. The van der Waals surface area contributed by atoms with Crippen molar-refractivity contribution in [2.24, 2.45) is 0 Å². The molecule has 0 radical (unpaired) electrons. The van der Waals surface area contributed by atoms with Crippen molar-refractivity contribution >= 4 is 5.91 Å². The molecule has 1 amide bonds. The highest BCUT2D eigenvalue weighted by Gasteiger charge is 2.08. The standard InChI is InChI=1S/C13H20N2O/c1-4-15(14-3)13(16)10-9-12-7-5-11(2)6-8-12/h5-8,14H,4,9-10H2,1-3H3. The van der Waals surface area contributed by atoms with Gasteiger partial charge in [0, 0.05) is 20.0 Å². The summed E-state index contributed by atoms with van der Waals surface area (Å²) in [4.78, 5) is 11.7. The van der Waals surface area contributed by atoms with E-state index in [-0.39, 0.29) is 5.91 Å². The lowest BCUT2D eigenvalue weighted by Gasteiger charge is -2.18. The molecule has 0 aliphatic heterocycles. The molecule has 0 heterocycles. The molecule has 1 aromatic rings. The summed E-state index contributed by atoms with van der Waals surface area (Å²) in [5, 5.41) is 1.63. The average Bonchev–Trinajstić information content (AvgIpc) is 2.30. The topological polar surface area (TPSA) is 32.3 Å². The lowest BCUT2D eigenvalue weighted by molar-refractivity contribution is -0.133. The zero-order valence-corrected chi connectivity index (χ0v) is 10.3. The van der Waals surface area contributed by atoms with Gasteiger partial charge in [0.25, 0.3) is 0 Å². The number of rotatable bonds is 5. The number of aryl methyl sites for hydroxylation is 2. The Labute approximate surface area is 97.4 Å². The summed E-state index contributed by atoms with van der Waals surface area (Å²) in [5.41, 5.74) is 5.35. The minimum atomic E-state index is 0.144. The third-order valence-corrected chi connectivity index (χ3v) is 2.64. The first kappa shape index (κ1) is 12.7. The van der Waals surface area contributed by atoms with E-state index in [9.17, 15) is 4.79 Å². The van der Waals surface area contributed by atoms with Crippen LogP contribution in [-0.2, 0) is 11.2 Å². The lowest BCUT2D eigenvalue weighted by Crippen LogP contribution is -2.40. The number of amides is 1. The van der Waals surface area contributed by atoms with Gasteiger partial charge in [0.2, 0.25) is 5.91 Å². The van der Waals surface area contributed by atoms with Crippen LogP contribution >= 0.6 is 0 Å². The Bertz CT molecular complexity index is 328. The molecular weight excluding hydrogens is 200 g/mol. The number of carbonyl (C=O) groups excluding carboxylic acids is 1. The average molecular weight is 220 g/mol. The van der Waals surface area contributed by atoms with E-state index >= 15 is 0 Å². The lowest BCUT2D eigenvalue weighted by atomic mass is 10.1. The summed E-state index contributed by atoms with van der Waals surface area (Å²) in [5.74, 6) is 0.144. The fraction of sp³-hybridized carbons (Fsp3) is 0.462. The maximum atomic E-state index is 11.7. The van der Waals surface area contributed by atoms with Gasteiger partial charge in [-0.3, -0.25) is 9.80 Å². The van der Waals surface area contributed by atoms with E-state index < -0.39 is 0 Å². The van der Waals surface area contributed by atoms with Crippen LogP contribution in [0, 0.1) is 6.92 Å². The third kappa shape index (κ3) is 3.66. The van der Waals surface area contributed by atoms with E-state index in [1.165, 1.54) is 11.1 Å². The second kappa shape index (κ2) is 6.28. The molecule has 0 atom stereocenters. The maximum absolute atomic E-state index is 11.7. The highest BCUT2D eigenvalue weighted by molar-refractivity contribution is 5.75. The van der Waals surface area contributed by atoms with Gasteiger partial charge in [-0.15, -0.1) is 0 Å². The predicted molar refractivity (Wildman–Crippen MR) is 65.9 cm³/mol. The van der Waals surface area contributed by atoms with Crippen molar-refractivity contribution in [2.45, 2.75) is 26.7 Å². The van der Waals surface area contributed by atoms with Crippen molar-refractivity contribution in [3.05, 3.63) is 35.4 Å². The largest absolute Gasteiger partial charge is 0.279 e. The van der Waals surface area contributed by atoms with Crippen molar-refractivity contribution in [1.29, 1.82) is 0 Å². The Balaban J connectivity index is 2.45. The van der Waals surface area contributed by atoms with E-state index in [1.54, 1.807) is 12.1 Å². The predicted octanol–water partition coefficient (Wildman–Crippen LogP) is 1.91. The molecule has 0 aliphatic rings. The van der Waals surface area contributed by atoms with Crippen molar-refractivity contribution in [2.75, 3.05) is 13.6 Å². The zero-order valence-electron chi connectivity index (χ0n) is 10.3. The van der Waals surface area contributed by atoms with Gasteiger partial charge in [-0.1, -0.05) is 29.8 Å². The summed E-state index contributed by atoms with van der Waals surface area (Å²) in [7, 11) is 1.77. The maximum Gasteiger partial charge on any atom is 0.236 e. The van der Waals surface area contributed by atoms with Gasteiger partial charge in [-0.2, -0.15) is 0 Å². The van der Waals surface area contributed by atoms with Crippen LogP contribution in [0.4, 0.5) is 0 Å². The fourth-order valence-corrected chi connectivity index (χ4v) is 1.60. The van der Waals surface area contributed by atoms with Gasteiger partial charge in [0.1, 0.15) is 0 Å². The van der Waals surface area contributed by atoms with E-state index in [2.05, 4.69) is 36.6 Å². The van der Waals surface area contributed by atoms with Crippen LogP contribution in [0.3, 0.4) is 0 Å². The van der Waals surface area contributed by atoms with Gasteiger partial charge in [-0.25, -0.2) is 5.43 Å². The third-order valence-electron chi connectivity index (χ3n) is 2.64. The number of carbonyl (C=O) groups is 1. The van der Waals surface area contributed by atoms with Crippen molar-refractivity contribution < 1.29 is 4.79 Å². The van der Waals surface area contributed by atoms with Gasteiger partial charge < -0.3 is 0 Å². The molecule has 1 rings (SSSR count). The monoisotopic (exact) mass is 220 g/mol. The molecule has 0 saturated heterocycles. The van der Waals surface area contributed by atoms with E-state index in [4.69, 9.17) is 0 Å². The Morgan fingerprint density at radius 3 is 2.44 bits per heavy atom. The van der Waals surface area contributed by atoms with E-state index in [0.29, 0.717) is 13.0 Å². The van der Waals surface area contributed by atoms with Crippen LogP contribution in [-0.4, -0.2) is 24.5 Å². The summed E-state index contributed by atoms with van der Waals surface area (Å²) >= 11 is 0. The molecular formula is C13H20N2O. The highest BCUT2D eigenvalue weighted by Crippen LogP contribution is 2.06. The Morgan fingerprint density at radius 2 is 1.94 bits per heavy atom. The first-order chi connectivity index (χ1) is 7.67. The number of benzene rings is 1. The molecule has 1 aromatic carbocycles. The SMILES string of the molecule is CCN(NC)C(=O)CCc1ccc(C)cc1. The highest BCUT2D eigenvalue weighted by atomic mass is 16.2. The minimum absolute atomic E-state index is 0.144. The normalized spacial score (nSPS) is 10.2. The molecule has 0 aromatic heterocycles. The van der Waals surface area contributed by atoms with Crippen LogP contribution in [0.1, 0.15) is 24.5 Å².